The summed E-state index contributed by atoms with van der Waals surface area (Å²) in [5.74, 6) is 1.65. The van der Waals surface area contributed by atoms with Gasteiger partial charge in [-0.3, -0.25) is 4.99 Å². The maximum Gasteiger partial charge on any atom is 0.193 e. The molecule has 0 amide bonds. The number of hydrogen-bond acceptors (Lipinski definition) is 2. The van der Waals surface area contributed by atoms with Crippen LogP contribution in [0.1, 0.15) is 30.5 Å². The number of hydrogen-bond donors (Lipinski definition) is 1. The van der Waals surface area contributed by atoms with Crippen LogP contribution in [0.4, 0.5) is 0 Å². The molecule has 0 saturated carbocycles. The van der Waals surface area contributed by atoms with Crippen molar-refractivity contribution in [3.63, 3.8) is 0 Å². The molecule has 134 valence electrons. The molecule has 0 spiro atoms. The Morgan fingerprint density at radius 2 is 2.28 bits per heavy atom. The Hall–Kier alpha value is -2.30. The summed E-state index contributed by atoms with van der Waals surface area (Å²) in [7, 11) is 1.87. The van der Waals surface area contributed by atoms with Crippen LogP contribution >= 0.6 is 0 Å². The van der Waals surface area contributed by atoms with Gasteiger partial charge in [0.2, 0.25) is 0 Å². The fraction of sp³-hybridized carbons (Fsp3) is 0.500. The number of rotatable bonds is 4. The van der Waals surface area contributed by atoms with Crippen molar-refractivity contribution in [3.8, 4) is 0 Å². The fourth-order valence-corrected chi connectivity index (χ4v) is 3.61. The topological polar surface area (TPSA) is 45.5 Å². The number of aromatic nitrogens is 2. The van der Waals surface area contributed by atoms with Gasteiger partial charge in [-0.05, 0) is 31.2 Å². The lowest BCUT2D eigenvalue weighted by Crippen LogP contribution is -2.49. The maximum atomic E-state index is 4.51. The summed E-state index contributed by atoms with van der Waals surface area (Å²) in [6, 6.07) is 9.16. The first kappa shape index (κ1) is 17.5. The first-order chi connectivity index (χ1) is 12.2. The van der Waals surface area contributed by atoms with Crippen molar-refractivity contribution in [2.75, 3.05) is 26.7 Å². The van der Waals surface area contributed by atoms with Gasteiger partial charge in [-0.25, -0.2) is 4.98 Å². The number of likely N-dealkylation sites (tertiary alicyclic amines) is 1. The highest BCUT2D eigenvalue weighted by Gasteiger charge is 2.28. The first-order valence-corrected chi connectivity index (χ1v) is 9.16. The maximum absolute atomic E-state index is 4.51. The summed E-state index contributed by atoms with van der Waals surface area (Å²) in [6.45, 7) is 7.40. The van der Waals surface area contributed by atoms with Gasteiger partial charge in [-0.2, -0.15) is 0 Å². The zero-order valence-electron chi connectivity index (χ0n) is 15.5. The molecule has 2 atom stereocenters. The molecule has 1 aliphatic heterocycles. The van der Waals surface area contributed by atoms with E-state index in [1.807, 2.05) is 19.6 Å². The molecule has 1 aromatic carbocycles. The predicted octanol–water partition coefficient (Wildman–Crippen LogP) is 2.89. The van der Waals surface area contributed by atoms with Gasteiger partial charge in [0, 0.05) is 39.1 Å². The number of aryl methyl sites for hydroxylation is 1. The van der Waals surface area contributed by atoms with Gasteiger partial charge in [0.05, 0.1) is 12.4 Å². The lowest BCUT2D eigenvalue weighted by molar-refractivity contribution is 0.189. The number of aliphatic imine (C=N–C) groups is 1. The van der Waals surface area contributed by atoms with Crippen molar-refractivity contribution >= 4 is 5.96 Å². The van der Waals surface area contributed by atoms with E-state index < -0.39 is 0 Å². The van der Waals surface area contributed by atoms with Crippen LogP contribution in [0.15, 0.2) is 48.0 Å². The molecule has 1 fully saturated rings. The van der Waals surface area contributed by atoms with Gasteiger partial charge < -0.3 is 14.8 Å². The van der Waals surface area contributed by atoms with E-state index in [0.29, 0.717) is 12.0 Å². The lowest BCUT2D eigenvalue weighted by atomic mass is 9.93. The fourth-order valence-electron chi connectivity index (χ4n) is 3.61. The first-order valence-electron chi connectivity index (χ1n) is 9.16. The van der Waals surface area contributed by atoms with Crippen molar-refractivity contribution in [2.24, 2.45) is 10.9 Å². The van der Waals surface area contributed by atoms with Crippen LogP contribution in [0.3, 0.4) is 0 Å². The number of piperidine rings is 1. The number of guanidine groups is 1. The molecule has 25 heavy (non-hydrogen) atoms. The van der Waals surface area contributed by atoms with Crippen LogP contribution in [0.2, 0.25) is 0 Å². The summed E-state index contributed by atoms with van der Waals surface area (Å²) in [5, 5.41) is 3.54. The monoisotopic (exact) mass is 339 g/mol. The molecule has 1 aromatic heterocycles. The molecule has 0 bridgehead atoms. The zero-order chi connectivity index (χ0) is 17.6. The highest BCUT2D eigenvalue weighted by atomic mass is 15.3. The molecule has 3 rings (SSSR count). The summed E-state index contributed by atoms with van der Waals surface area (Å²) >= 11 is 0. The van der Waals surface area contributed by atoms with E-state index in [1.165, 1.54) is 17.5 Å². The van der Waals surface area contributed by atoms with E-state index in [0.717, 1.165) is 32.0 Å². The van der Waals surface area contributed by atoms with E-state index in [-0.39, 0.29) is 0 Å². The van der Waals surface area contributed by atoms with Crippen LogP contribution in [0.25, 0.3) is 0 Å². The second-order valence-electron chi connectivity index (χ2n) is 7.00. The summed E-state index contributed by atoms with van der Waals surface area (Å²) < 4.78 is 2.23. The van der Waals surface area contributed by atoms with Crippen molar-refractivity contribution < 1.29 is 0 Å². The van der Waals surface area contributed by atoms with Gasteiger partial charge in [0.15, 0.2) is 5.96 Å². The van der Waals surface area contributed by atoms with E-state index in [9.17, 15) is 0 Å². The molecule has 1 saturated heterocycles. The lowest BCUT2D eigenvalue weighted by Gasteiger charge is -2.39. The van der Waals surface area contributed by atoms with Gasteiger partial charge in [0.1, 0.15) is 0 Å². The average Bonchev–Trinajstić information content (AvgIpc) is 3.14. The molecule has 2 heterocycles. The van der Waals surface area contributed by atoms with E-state index in [4.69, 9.17) is 0 Å². The molecule has 0 radical (unpaired) electrons. The van der Waals surface area contributed by atoms with Crippen molar-refractivity contribution in [2.45, 2.75) is 32.7 Å². The zero-order valence-corrected chi connectivity index (χ0v) is 15.5. The second-order valence-corrected chi connectivity index (χ2v) is 7.00. The van der Waals surface area contributed by atoms with E-state index in [2.05, 4.69) is 69.1 Å². The average molecular weight is 339 g/mol. The van der Waals surface area contributed by atoms with Crippen LogP contribution in [-0.2, 0) is 6.42 Å². The molecule has 5 nitrogen and oxygen atoms in total. The minimum atomic E-state index is 0.451. The quantitative estimate of drug-likeness (QED) is 0.688. The van der Waals surface area contributed by atoms with Crippen molar-refractivity contribution in [3.05, 3.63) is 54.1 Å². The Bertz CT molecular complexity index is 692. The molecule has 2 aromatic rings. The Kier molecular flexibility index (Phi) is 5.74. The van der Waals surface area contributed by atoms with E-state index in [1.54, 1.807) is 0 Å². The minimum absolute atomic E-state index is 0.451. The molecule has 2 unspecified atom stereocenters. The third kappa shape index (κ3) is 4.41. The molecule has 5 heteroatoms. The molecule has 1 N–H and O–H groups in total. The van der Waals surface area contributed by atoms with Crippen LogP contribution in [-0.4, -0.2) is 47.1 Å². The Balaban J connectivity index is 1.57. The molecule has 1 aliphatic rings. The minimum Gasteiger partial charge on any atom is -0.356 e. The second kappa shape index (κ2) is 8.19. The molecular weight excluding hydrogens is 310 g/mol. The molecular formula is C20H29N5. The van der Waals surface area contributed by atoms with Gasteiger partial charge in [-0.15, -0.1) is 0 Å². The Morgan fingerprint density at radius 1 is 1.40 bits per heavy atom. The van der Waals surface area contributed by atoms with Crippen molar-refractivity contribution in [1.82, 2.24) is 19.8 Å². The molecule has 0 aliphatic carbocycles. The Morgan fingerprint density at radius 3 is 3.00 bits per heavy atom. The number of nitrogens with zero attached hydrogens (tertiary/aromatic N) is 4. The summed E-state index contributed by atoms with van der Waals surface area (Å²) in [5.41, 5.74) is 2.68. The smallest absolute Gasteiger partial charge is 0.193 e. The standard InChI is InChI=1S/C20H29N5/c1-16-5-4-6-18(13-16)7-9-23-20(21-3)24-11-8-17(2)19(14-24)25-12-10-22-15-25/h4-6,10,12-13,15,17,19H,7-9,11,14H2,1-3H3,(H,21,23). The third-order valence-electron chi connectivity index (χ3n) is 5.12. The predicted molar refractivity (Wildman–Crippen MR) is 103 cm³/mol. The van der Waals surface area contributed by atoms with Crippen LogP contribution in [0, 0.1) is 12.8 Å². The Labute approximate surface area is 150 Å². The van der Waals surface area contributed by atoms with Gasteiger partial charge in [0.25, 0.3) is 0 Å². The third-order valence-corrected chi connectivity index (χ3v) is 5.12. The number of imidazole rings is 1. The summed E-state index contributed by atoms with van der Waals surface area (Å²) in [4.78, 5) is 11.1. The highest BCUT2D eigenvalue weighted by Crippen LogP contribution is 2.27. The van der Waals surface area contributed by atoms with Gasteiger partial charge >= 0.3 is 0 Å². The van der Waals surface area contributed by atoms with Crippen molar-refractivity contribution in [1.29, 1.82) is 0 Å². The van der Waals surface area contributed by atoms with Crippen LogP contribution < -0.4 is 5.32 Å². The van der Waals surface area contributed by atoms with Gasteiger partial charge in [-0.1, -0.05) is 36.8 Å². The summed E-state index contributed by atoms with van der Waals surface area (Å²) in [6.07, 6.45) is 8.04. The normalized spacial score (nSPS) is 21.4. The number of nitrogens with one attached hydrogen (secondary N) is 1. The largest absolute Gasteiger partial charge is 0.356 e. The SMILES string of the molecule is CN=C(NCCc1cccc(C)c1)N1CCC(C)C(n2ccnc2)C1. The van der Waals surface area contributed by atoms with Crippen LogP contribution in [0.5, 0.6) is 0 Å². The number of benzene rings is 1. The van der Waals surface area contributed by atoms with E-state index >= 15 is 0 Å². The highest BCUT2D eigenvalue weighted by molar-refractivity contribution is 5.80.